The molecule has 1 saturated heterocycles. The standard InChI is InChI=1S/C31H35NO4/c1-21-17-23-19-32(20-27(23)31(34,18-21)26-14-8-10-16-29(26)35-3)30(33)22(2)25-13-7-9-15-28(25)36-24-11-5-4-6-12-24/h4-16,21-23,27,34H,17-20H2,1-3H3/t21-,22?,23+,27-,31-/m1/s1. The predicted molar refractivity (Wildman–Crippen MR) is 140 cm³/mol. The van der Waals surface area contributed by atoms with E-state index in [-0.39, 0.29) is 23.7 Å². The number of carbonyl (C=O) groups excluding carboxylic acids is 1. The third-order valence-corrected chi connectivity index (χ3v) is 8.03. The molecule has 3 aromatic carbocycles. The van der Waals surface area contributed by atoms with E-state index in [9.17, 15) is 9.90 Å². The van der Waals surface area contributed by atoms with Crippen molar-refractivity contribution < 1.29 is 19.4 Å². The van der Waals surface area contributed by atoms with Crippen molar-refractivity contribution >= 4 is 5.91 Å². The quantitative estimate of drug-likeness (QED) is 0.466. The summed E-state index contributed by atoms with van der Waals surface area (Å²) in [4.78, 5) is 15.8. The van der Waals surface area contributed by atoms with Gasteiger partial charge in [-0.2, -0.15) is 0 Å². The largest absolute Gasteiger partial charge is 0.496 e. The van der Waals surface area contributed by atoms with Gasteiger partial charge >= 0.3 is 0 Å². The summed E-state index contributed by atoms with van der Waals surface area (Å²) in [6.07, 6.45) is 1.67. The van der Waals surface area contributed by atoms with Gasteiger partial charge in [0.2, 0.25) is 5.91 Å². The fraction of sp³-hybridized carbons (Fsp3) is 0.387. The van der Waals surface area contributed by atoms with Gasteiger partial charge in [0.15, 0.2) is 0 Å². The van der Waals surface area contributed by atoms with Crippen LogP contribution in [-0.4, -0.2) is 36.1 Å². The molecule has 0 spiro atoms. The highest BCUT2D eigenvalue weighted by Crippen LogP contribution is 2.52. The number of ether oxygens (including phenoxy) is 2. The minimum absolute atomic E-state index is 0.0306. The number of fused-ring (bicyclic) bond motifs is 1. The summed E-state index contributed by atoms with van der Waals surface area (Å²) in [5.74, 6) is 2.43. The van der Waals surface area contributed by atoms with E-state index in [1.807, 2.05) is 90.7 Å². The van der Waals surface area contributed by atoms with Crippen molar-refractivity contribution in [2.45, 2.75) is 38.2 Å². The zero-order chi connectivity index (χ0) is 25.3. The normalized spacial score (nSPS) is 26.2. The number of aliphatic hydroxyl groups is 1. The zero-order valence-corrected chi connectivity index (χ0v) is 21.3. The number of hydrogen-bond donors (Lipinski definition) is 1. The number of rotatable bonds is 6. The first-order valence-electron chi connectivity index (χ1n) is 12.9. The molecule has 1 N–H and O–H groups in total. The van der Waals surface area contributed by atoms with Gasteiger partial charge in [-0.25, -0.2) is 0 Å². The molecular weight excluding hydrogens is 450 g/mol. The summed E-state index contributed by atoms with van der Waals surface area (Å²) in [7, 11) is 1.65. The van der Waals surface area contributed by atoms with Crippen molar-refractivity contribution in [1.82, 2.24) is 4.90 Å². The second kappa shape index (κ2) is 9.98. The van der Waals surface area contributed by atoms with Gasteiger partial charge in [-0.3, -0.25) is 4.79 Å². The highest BCUT2D eigenvalue weighted by atomic mass is 16.5. The van der Waals surface area contributed by atoms with Crippen LogP contribution in [-0.2, 0) is 10.4 Å². The van der Waals surface area contributed by atoms with Crippen LogP contribution in [0, 0.1) is 17.8 Å². The zero-order valence-electron chi connectivity index (χ0n) is 21.3. The maximum Gasteiger partial charge on any atom is 0.229 e. The van der Waals surface area contributed by atoms with Crippen molar-refractivity contribution in [1.29, 1.82) is 0 Å². The van der Waals surface area contributed by atoms with Crippen LogP contribution in [0.1, 0.15) is 43.7 Å². The summed E-state index contributed by atoms with van der Waals surface area (Å²) in [6, 6.07) is 25.2. The number of carbonyl (C=O) groups is 1. The van der Waals surface area contributed by atoms with Gasteiger partial charge in [0.25, 0.3) is 0 Å². The lowest BCUT2D eigenvalue weighted by Gasteiger charge is -2.44. The molecule has 5 heteroatoms. The van der Waals surface area contributed by atoms with E-state index in [4.69, 9.17) is 9.47 Å². The average molecular weight is 486 g/mol. The van der Waals surface area contributed by atoms with Crippen LogP contribution in [0.3, 0.4) is 0 Å². The van der Waals surface area contributed by atoms with Crippen molar-refractivity contribution in [2.24, 2.45) is 17.8 Å². The van der Waals surface area contributed by atoms with E-state index in [0.29, 0.717) is 36.9 Å². The predicted octanol–water partition coefficient (Wildman–Crippen LogP) is 5.98. The fourth-order valence-corrected chi connectivity index (χ4v) is 6.38. The average Bonchev–Trinajstić information content (AvgIpc) is 3.33. The van der Waals surface area contributed by atoms with Crippen LogP contribution in [0.25, 0.3) is 0 Å². The number of likely N-dealkylation sites (tertiary alicyclic amines) is 1. The van der Waals surface area contributed by atoms with Crippen LogP contribution >= 0.6 is 0 Å². The number of para-hydroxylation sites is 3. The lowest BCUT2D eigenvalue weighted by molar-refractivity contribution is -0.132. The minimum Gasteiger partial charge on any atom is -0.496 e. The summed E-state index contributed by atoms with van der Waals surface area (Å²) < 4.78 is 11.8. The van der Waals surface area contributed by atoms with Crippen molar-refractivity contribution in [3.05, 3.63) is 90.0 Å². The molecule has 1 aliphatic carbocycles. The van der Waals surface area contributed by atoms with Gasteiger partial charge in [-0.15, -0.1) is 0 Å². The number of benzene rings is 3. The van der Waals surface area contributed by atoms with Crippen LogP contribution in [0.15, 0.2) is 78.9 Å². The molecule has 5 atom stereocenters. The molecule has 5 nitrogen and oxygen atoms in total. The summed E-state index contributed by atoms with van der Waals surface area (Å²) >= 11 is 0. The van der Waals surface area contributed by atoms with Gasteiger partial charge in [-0.05, 0) is 55.9 Å². The molecular formula is C31H35NO4. The van der Waals surface area contributed by atoms with E-state index < -0.39 is 5.60 Å². The van der Waals surface area contributed by atoms with Gasteiger partial charge in [-0.1, -0.05) is 61.5 Å². The molecule has 1 saturated carbocycles. The first kappa shape index (κ1) is 24.4. The summed E-state index contributed by atoms with van der Waals surface area (Å²) in [6.45, 7) is 5.35. The number of amides is 1. The molecule has 3 aromatic rings. The maximum atomic E-state index is 13.8. The van der Waals surface area contributed by atoms with Crippen molar-refractivity contribution in [3.63, 3.8) is 0 Å². The minimum atomic E-state index is -1.03. The molecule has 1 amide bonds. The molecule has 0 radical (unpaired) electrons. The second-order valence-electron chi connectivity index (χ2n) is 10.5. The molecule has 1 unspecified atom stereocenters. The lowest BCUT2D eigenvalue weighted by Crippen LogP contribution is -2.45. The lowest BCUT2D eigenvalue weighted by atomic mass is 9.64. The number of nitrogens with zero attached hydrogens (tertiary/aromatic N) is 1. The van der Waals surface area contributed by atoms with Crippen molar-refractivity contribution in [2.75, 3.05) is 20.2 Å². The van der Waals surface area contributed by atoms with Crippen LogP contribution in [0.5, 0.6) is 17.2 Å². The molecule has 1 heterocycles. The Kier molecular flexibility index (Phi) is 6.76. The highest BCUT2D eigenvalue weighted by Gasteiger charge is 2.53. The second-order valence-corrected chi connectivity index (χ2v) is 10.5. The van der Waals surface area contributed by atoms with E-state index in [0.717, 1.165) is 23.3 Å². The highest BCUT2D eigenvalue weighted by molar-refractivity contribution is 5.84. The van der Waals surface area contributed by atoms with Gasteiger partial charge < -0.3 is 19.5 Å². The Balaban J connectivity index is 1.39. The maximum absolute atomic E-state index is 13.8. The Morgan fingerprint density at radius 1 is 0.972 bits per heavy atom. The van der Waals surface area contributed by atoms with Crippen molar-refractivity contribution in [3.8, 4) is 17.2 Å². The number of methoxy groups -OCH3 is 1. The number of hydrogen-bond acceptors (Lipinski definition) is 4. The SMILES string of the molecule is COc1ccccc1[C@]1(O)C[C@H](C)C[C@H]2CN(C(=O)C(C)c3ccccc3Oc3ccccc3)C[C@H]21. The third-order valence-electron chi connectivity index (χ3n) is 8.03. The molecule has 5 rings (SSSR count). The molecule has 188 valence electrons. The van der Waals surface area contributed by atoms with Crippen LogP contribution < -0.4 is 9.47 Å². The Hall–Kier alpha value is -3.31. The van der Waals surface area contributed by atoms with Gasteiger partial charge in [0.1, 0.15) is 17.2 Å². The fourth-order valence-electron chi connectivity index (χ4n) is 6.38. The van der Waals surface area contributed by atoms with Crippen LogP contribution in [0.4, 0.5) is 0 Å². The summed E-state index contributed by atoms with van der Waals surface area (Å²) in [5.41, 5.74) is 0.675. The third kappa shape index (κ3) is 4.48. The van der Waals surface area contributed by atoms with E-state index in [2.05, 4.69) is 6.92 Å². The molecule has 2 aliphatic rings. The van der Waals surface area contributed by atoms with Crippen LogP contribution in [0.2, 0.25) is 0 Å². The Morgan fingerprint density at radius 2 is 1.64 bits per heavy atom. The molecule has 36 heavy (non-hydrogen) atoms. The summed E-state index contributed by atoms with van der Waals surface area (Å²) in [5, 5.41) is 12.1. The van der Waals surface area contributed by atoms with E-state index >= 15 is 0 Å². The monoisotopic (exact) mass is 485 g/mol. The van der Waals surface area contributed by atoms with Gasteiger partial charge in [0.05, 0.1) is 18.6 Å². The van der Waals surface area contributed by atoms with E-state index in [1.54, 1.807) is 7.11 Å². The molecule has 0 bridgehead atoms. The van der Waals surface area contributed by atoms with Gasteiger partial charge in [0, 0.05) is 30.1 Å². The molecule has 1 aliphatic heterocycles. The first-order valence-corrected chi connectivity index (χ1v) is 12.9. The Morgan fingerprint density at radius 3 is 2.39 bits per heavy atom. The topological polar surface area (TPSA) is 59.0 Å². The Labute approximate surface area is 213 Å². The molecule has 2 fully saturated rings. The Bertz CT molecular complexity index is 1210. The molecule has 0 aromatic heterocycles. The smallest absolute Gasteiger partial charge is 0.229 e. The first-order chi connectivity index (χ1) is 17.4. The van der Waals surface area contributed by atoms with E-state index in [1.165, 1.54) is 0 Å².